The monoisotopic (exact) mass is 358 g/mol. The SMILES string of the molecule is Cc1ncc(C(=O)N[C@@H]2C[C@H](C(=O)NCc3cc(C)[nH]n3)C[C@H]2O)cn1. The average molecular weight is 358 g/mol. The molecule has 1 aliphatic carbocycles. The topological polar surface area (TPSA) is 133 Å². The van der Waals surface area contributed by atoms with Crippen molar-refractivity contribution in [2.75, 3.05) is 0 Å². The van der Waals surface area contributed by atoms with Gasteiger partial charge < -0.3 is 15.7 Å². The highest BCUT2D eigenvalue weighted by Gasteiger charge is 2.37. The molecule has 9 heteroatoms. The van der Waals surface area contributed by atoms with Crippen molar-refractivity contribution in [1.29, 1.82) is 0 Å². The Bertz CT molecular complexity index is 788. The number of rotatable bonds is 5. The number of aromatic nitrogens is 4. The molecule has 0 radical (unpaired) electrons. The summed E-state index contributed by atoms with van der Waals surface area (Å²) in [6.07, 6.45) is 2.80. The van der Waals surface area contributed by atoms with Gasteiger partial charge in [0.25, 0.3) is 5.91 Å². The van der Waals surface area contributed by atoms with Gasteiger partial charge in [0.2, 0.25) is 5.91 Å². The second-order valence-corrected chi connectivity index (χ2v) is 6.59. The Hall–Kier alpha value is -2.81. The van der Waals surface area contributed by atoms with Gasteiger partial charge in [-0.25, -0.2) is 9.97 Å². The quantitative estimate of drug-likeness (QED) is 0.595. The van der Waals surface area contributed by atoms with Gasteiger partial charge in [-0.15, -0.1) is 0 Å². The molecule has 3 atom stereocenters. The van der Waals surface area contributed by atoms with Gasteiger partial charge in [0.15, 0.2) is 0 Å². The number of amides is 2. The molecule has 2 aromatic heterocycles. The zero-order valence-corrected chi connectivity index (χ0v) is 14.7. The Balaban J connectivity index is 1.52. The number of carbonyl (C=O) groups is 2. The summed E-state index contributed by atoms with van der Waals surface area (Å²) < 4.78 is 0. The first-order chi connectivity index (χ1) is 12.4. The minimum Gasteiger partial charge on any atom is -0.391 e. The summed E-state index contributed by atoms with van der Waals surface area (Å²) in [6.45, 7) is 3.95. The van der Waals surface area contributed by atoms with Crippen LogP contribution in [0.5, 0.6) is 0 Å². The van der Waals surface area contributed by atoms with E-state index in [9.17, 15) is 14.7 Å². The maximum Gasteiger partial charge on any atom is 0.254 e. The van der Waals surface area contributed by atoms with Crippen LogP contribution in [0.25, 0.3) is 0 Å². The molecular formula is C17H22N6O3. The molecule has 0 unspecified atom stereocenters. The molecule has 2 aromatic rings. The molecule has 0 aromatic carbocycles. The van der Waals surface area contributed by atoms with Crippen LogP contribution < -0.4 is 10.6 Å². The minimum absolute atomic E-state index is 0.153. The largest absolute Gasteiger partial charge is 0.391 e. The van der Waals surface area contributed by atoms with Crippen molar-refractivity contribution < 1.29 is 14.7 Å². The van der Waals surface area contributed by atoms with Gasteiger partial charge in [-0.3, -0.25) is 14.7 Å². The van der Waals surface area contributed by atoms with Gasteiger partial charge in [-0.2, -0.15) is 5.10 Å². The molecule has 9 nitrogen and oxygen atoms in total. The van der Waals surface area contributed by atoms with Gasteiger partial charge in [0, 0.05) is 24.0 Å². The summed E-state index contributed by atoms with van der Waals surface area (Å²) in [5.41, 5.74) is 2.00. The molecule has 3 rings (SSSR count). The van der Waals surface area contributed by atoms with Crippen LogP contribution in [0.15, 0.2) is 18.5 Å². The van der Waals surface area contributed by atoms with E-state index in [1.165, 1.54) is 12.4 Å². The second-order valence-electron chi connectivity index (χ2n) is 6.59. The highest BCUT2D eigenvalue weighted by atomic mass is 16.3. The van der Waals surface area contributed by atoms with Crippen molar-refractivity contribution in [1.82, 2.24) is 30.8 Å². The lowest BCUT2D eigenvalue weighted by Crippen LogP contribution is -2.40. The number of hydrogen-bond donors (Lipinski definition) is 4. The molecule has 4 N–H and O–H groups in total. The van der Waals surface area contributed by atoms with Crippen LogP contribution >= 0.6 is 0 Å². The van der Waals surface area contributed by atoms with E-state index in [0.29, 0.717) is 30.8 Å². The van der Waals surface area contributed by atoms with Crippen molar-refractivity contribution in [3.8, 4) is 0 Å². The van der Waals surface area contributed by atoms with Gasteiger partial charge >= 0.3 is 0 Å². The third kappa shape index (κ3) is 4.23. The Kier molecular flexibility index (Phi) is 5.27. The van der Waals surface area contributed by atoms with Crippen molar-refractivity contribution >= 4 is 11.8 Å². The maximum atomic E-state index is 12.3. The molecule has 2 heterocycles. The van der Waals surface area contributed by atoms with Crippen LogP contribution in [0.1, 0.15) is 40.4 Å². The number of nitrogens with zero attached hydrogens (tertiary/aromatic N) is 3. The summed E-state index contributed by atoms with van der Waals surface area (Å²) in [5.74, 6) is -0.293. The van der Waals surface area contributed by atoms with Gasteiger partial charge in [0.1, 0.15) is 5.82 Å². The van der Waals surface area contributed by atoms with E-state index in [4.69, 9.17) is 0 Å². The first-order valence-electron chi connectivity index (χ1n) is 8.48. The maximum absolute atomic E-state index is 12.3. The molecule has 1 saturated carbocycles. The summed E-state index contributed by atoms with van der Waals surface area (Å²) in [5, 5.41) is 22.7. The van der Waals surface area contributed by atoms with Crippen LogP contribution in [0.4, 0.5) is 0 Å². The van der Waals surface area contributed by atoms with Crippen LogP contribution in [-0.2, 0) is 11.3 Å². The Morgan fingerprint density at radius 1 is 1.27 bits per heavy atom. The smallest absolute Gasteiger partial charge is 0.254 e. The standard InChI is InChI=1S/C17H22N6O3/c1-9-3-13(23-22-9)8-20-16(25)11-4-14(15(24)5-11)21-17(26)12-6-18-10(2)19-7-12/h3,6-7,11,14-15,24H,4-5,8H2,1-2H3,(H,20,25)(H,21,26)(H,22,23)/t11-,14+,15+/m0/s1. The van der Waals surface area contributed by atoms with Crippen LogP contribution in [0.2, 0.25) is 0 Å². The highest BCUT2D eigenvalue weighted by Crippen LogP contribution is 2.26. The molecule has 0 aliphatic heterocycles. The summed E-state index contributed by atoms with van der Waals surface area (Å²) in [7, 11) is 0. The van der Waals surface area contributed by atoms with Crippen molar-refractivity contribution in [3.05, 3.63) is 41.2 Å². The molecule has 0 saturated heterocycles. The first kappa shape index (κ1) is 18.0. The second kappa shape index (κ2) is 7.61. The third-order valence-electron chi connectivity index (χ3n) is 4.46. The fourth-order valence-corrected chi connectivity index (χ4v) is 3.03. The molecule has 0 bridgehead atoms. The lowest BCUT2D eigenvalue weighted by atomic mass is 10.1. The fourth-order valence-electron chi connectivity index (χ4n) is 3.03. The third-order valence-corrected chi connectivity index (χ3v) is 4.46. The van der Waals surface area contributed by atoms with Crippen LogP contribution in [0.3, 0.4) is 0 Å². The van der Waals surface area contributed by atoms with Crippen molar-refractivity contribution in [2.45, 2.75) is 45.4 Å². The predicted molar refractivity (Wildman–Crippen MR) is 91.9 cm³/mol. The number of aryl methyl sites for hydroxylation is 2. The first-order valence-corrected chi connectivity index (χ1v) is 8.48. The fraction of sp³-hybridized carbons (Fsp3) is 0.471. The van der Waals surface area contributed by atoms with E-state index in [2.05, 4.69) is 30.8 Å². The van der Waals surface area contributed by atoms with E-state index < -0.39 is 12.1 Å². The summed E-state index contributed by atoms with van der Waals surface area (Å²) >= 11 is 0. The van der Waals surface area contributed by atoms with Gasteiger partial charge in [0.05, 0.1) is 29.9 Å². The zero-order valence-electron chi connectivity index (χ0n) is 14.7. The Morgan fingerprint density at radius 3 is 2.65 bits per heavy atom. The van der Waals surface area contributed by atoms with E-state index >= 15 is 0 Å². The average Bonchev–Trinajstić information content (AvgIpc) is 3.19. The lowest BCUT2D eigenvalue weighted by Gasteiger charge is -2.16. The van der Waals surface area contributed by atoms with E-state index in [0.717, 1.165) is 11.4 Å². The molecule has 2 amide bonds. The van der Waals surface area contributed by atoms with Gasteiger partial charge in [-0.1, -0.05) is 0 Å². The number of aromatic amines is 1. The van der Waals surface area contributed by atoms with E-state index in [1.807, 2.05) is 13.0 Å². The summed E-state index contributed by atoms with van der Waals surface area (Å²) in [4.78, 5) is 32.5. The minimum atomic E-state index is -0.770. The Labute approximate surface area is 150 Å². The molecular weight excluding hydrogens is 336 g/mol. The van der Waals surface area contributed by atoms with E-state index in [-0.39, 0.29) is 17.7 Å². The molecule has 138 valence electrons. The van der Waals surface area contributed by atoms with Crippen molar-refractivity contribution in [2.24, 2.45) is 5.92 Å². The number of carbonyl (C=O) groups excluding carboxylic acids is 2. The van der Waals surface area contributed by atoms with Crippen LogP contribution in [-0.4, -0.2) is 49.2 Å². The van der Waals surface area contributed by atoms with Crippen LogP contribution in [0, 0.1) is 19.8 Å². The van der Waals surface area contributed by atoms with Crippen molar-refractivity contribution in [3.63, 3.8) is 0 Å². The Morgan fingerprint density at radius 2 is 2.00 bits per heavy atom. The lowest BCUT2D eigenvalue weighted by molar-refractivity contribution is -0.125. The zero-order chi connectivity index (χ0) is 18.7. The van der Waals surface area contributed by atoms with E-state index in [1.54, 1.807) is 6.92 Å². The molecule has 1 fully saturated rings. The molecule has 26 heavy (non-hydrogen) atoms. The number of hydrogen-bond acceptors (Lipinski definition) is 6. The normalized spacial score (nSPS) is 22.2. The molecule has 0 spiro atoms. The van der Waals surface area contributed by atoms with Gasteiger partial charge in [-0.05, 0) is 32.8 Å². The number of aliphatic hydroxyl groups is 1. The number of H-pyrrole nitrogens is 1. The highest BCUT2D eigenvalue weighted by molar-refractivity contribution is 5.93. The summed E-state index contributed by atoms with van der Waals surface area (Å²) in [6, 6.07) is 1.38. The predicted octanol–water partition coefficient (Wildman–Crippen LogP) is 0.00224. The number of nitrogens with one attached hydrogen (secondary N) is 3. The number of aliphatic hydroxyl groups excluding tert-OH is 1. The molecule has 1 aliphatic rings.